The first-order valence-corrected chi connectivity index (χ1v) is 9.99. The third-order valence-corrected chi connectivity index (χ3v) is 4.75. The number of likely N-dealkylation sites (tertiary alicyclic amines) is 2. The number of carboxylic acids is 1. The van der Waals surface area contributed by atoms with Crippen LogP contribution in [0.1, 0.15) is 33.6 Å². The van der Waals surface area contributed by atoms with Crippen molar-refractivity contribution in [2.75, 3.05) is 53.5 Å². The molecule has 0 aromatic rings. The molecule has 0 saturated carbocycles. The first-order chi connectivity index (χ1) is 13.9. The standard InChI is InChI=1S/C12H21NO4.C8H13NO4/c1-12(2,3)17-10(14)8-13-6-5-9(7-13)11(15)16-4;1-13-8(12)6-2-3-9(4-6)5-7(10)11/h9H,5-8H2,1-4H3;6H,2-5H2,1H3,(H,10,11)/t9-;6-/m11/s1. The Labute approximate surface area is 177 Å². The molecule has 0 amide bonds. The number of carboxylic acid groups (broad SMARTS) is 1. The van der Waals surface area contributed by atoms with Gasteiger partial charge < -0.3 is 19.3 Å². The van der Waals surface area contributed by atoms with Crippen molar-refractivity contribution >= 4 is 23.9 Å². The summed E-state index contributed by atoms with van der Waals surface area (Å²) in [5.41, 5.74) is -0.460. The van der Waals surface area contributed by atoms with Crippen LogP contribution in [0.25, 0.3) is 0 Å². The monoisotopic (exact) mass is 430 g/mol. The summed E-state index contributed by atoms with van der Waals surface area (Å²) in [4.78, 5) is 47.9. The zero-order valence-corrected chi connectivity index (χ0v) is 18.5. The van der Waals surface area contributed by atoms with Gasteiger partial charge in [0.2, 0.25) is 0 Å². The van der Waals surface area contributed by atoms with Gasteiger partial charge in [-0.25, -0.2) is 0 Å². The van der Waals surface area contributed by atoms with Crippen LogP contribution in [0.5, 0.6) is 0 Å². The maximum absolute atomic E-state index is 11.6. The molecule has 2 saturated heterocycles. The van der Waals surface area contributed by atoms with Crippen LogP contribution in [0.4, 0.5) is 0 Å². The summed E-state index contributed by atoms with van der Waals surface area (Å²) >= 11 is 0. The fourth-order valence-corrected chi connectivity index (χ4v) is 3.42. The van der Waals surface area contributed by atoms with Crippen molar-refractivity contribution in [1.29, 1.82) is 0 Å². The summed E-state index contributed by atoms with van der Waals surface area (Å²) in [6, 6.07) is 0. The quantitative estimate of drug-likeness (QED) is 0.467. The van der Waals surface area contributed by atoms with E-state index in [1.54, 1.807) is 4.90 Å². The number of hydrogen-bond acceptors (Lipinski definition) is 9. The number of rotatable bonds is 6. The normalized spacial score (nSPS) is 22.0. The molecule has 2 aliphatic heterocycles. The highest BCUT2D eigenvalue weighted by atomic mass is 16.6. The molecule has 2 aliphatic rings. The molecule has 10 heteroatoms. The van der Waals surface area contributed by atoms with Crippen LogP contribution in [0.2, 0.25) is 0 Å². The molecule has 2 heterocycles. The Hall–Kier alpha value is -2.20. The SMILES string of the molecule is COC(=O)[C@@H]1CCN(CC(=O)O)C1.COC(=O)[C@@H]1CCN(CC(=O)OC(C)(C)C)C1. The van der Waals surface area contributed by atoms with E-state index >= 15 is 0 Å². The van der Waals surface area contributed by atoms with Gasteiger partial charge in [-0.15, -0.1) is 0 Å². The van der Waals surface area contributed by atoms with Gasteiger partial charge in [-0.1, -0.05) is 0 Å². The van der Waals surface area contributed by atoms with Crippen molar-refractivity contribution < 1.29 is 38.5 Å². The van der Waals surface area contributed by atoms with Gasteiger partial charge in [-0.3, -0.25) is 29.0 Å². The highest BCUT2D eigenvalue weighted by Gasteiger charge is 2.31. The van der Waals surface area contributed by atoms with Crippen LogP contribution < -0.4 is 0 Å². The lowest BCUT2D eigenvalue weighted by Crippen LogP contribution is -2.34. The Morgan fingerprint density at radius 1 is 0.867 bits per heavy atom. The molecule has 1 N–H and O–H groups in total. The number of aliphatic carboxylic acids is 1. The molecule has 0 spiro atoms. The Balaban J connectivity index is 0.000000311. The summed E-state index contributed by atoms with van der Waals surface area (Å²) in [5.74, 6) is -1.80. The smallest absolute Gasteiger partial charge is 0.320 e. The van der Waals surface area contributed by atoms with E-state index in [4.69, 9.17) is 9.84 Å². The molecule has 172 valence electrons. The van der Waals surface area contributed by atoms with Crippen LogP contribution in [0, 0.1) is 11.8 Å². The Bertz CT molecular complexity index is 616. The molecule has 2 atom stereocenters. The van der Waals surface area contributed by atoms with Crippen molar-refractivity contribution in [3.05, 3.63) is 0 Å². The third kappa shape index (κ3) is 9.53. The maximum Gasteiger partial charge on any atom is 0.320 e. The second kappa shape index (κ2) is 11.8. The molecule has 30 heavy (non-hydrogen) atoms. The molecule has 0 radical (unpaired) electrons. The van der Waals surface area contributed by atoms with Crippen LogP contribution in [0.15, 0.2) is 0 Å². The highest BCUT2D eigenvalue weighted by Crippen LogP contribution is 2.18. The minimum absolute atomic E-state index is 0.00743. The molecule has 0 unspecified atom stereocenters. The number of hydrogen-bond donors (Lipinski definition) is 1. The van der Waals surface area contributed by atoms with E-state index in [0.717, 1.165) is 13.0 Å². The lowest BCUT2D eigenvalue weighted by atomic mass is 10.1. The Kier molecular flexibility index (Phi) is 10.2. The predicted molar refractivity (Wildman–Crippen MR) is 107 cm³/mol. The summed E-state index contributed by atoms with van der Waals surface area (Å²) in [5, 5.41) is 8.50. The van der Waals surface area contributed by atoms with Gasteiger partial charge in [0.15, 0.2) is 0 Å². The van der Waals surface area contributed by atoms with Crippen LogP contribution in [-0.4, -0.2) is 97.9 Å². The van der Waals surface area contributed by atoms with Crippen molar-refractivity contribution in [3.8, 4) is 0 Å². The molecule has 2 fully saturated rings. The fourth-order valence-electron chi connectivity index (χ4n) is 3.42. The van der Waals surface area contributed by atoms with Gasteiger partial charge in [0.25, 0.3) is 0 Å². The zero-order valence-electron chi connectivity index (χ0n) is 18.5. The van der Waals surface area contributed by atoms with E-state index in [1.807, 2.05) is 25.7 Å². The van der Waals surface area contributed by atoms with Gasteiger partial charge in [0, 0.05) is 13.1 Å². The van der Waals surface area contributed by atoms with E-state index < -0.39 is 11.6 Å². The molecule has 2 rings (SSSR count). The van der Waals surface area contributed by atoms with E-state index in [2.05, 4.69) is 9.47 Å². The van der Waals surface area contributed by atoms with Crippen molar-refractivity contribution in [1.82, 2.24) is 9.80 Å². The van der Waals surface area contributed by atoms with Gasteiger partial charge in [0.05, 0.1) is 39.1 Å². The lowest BCUT2D eigenvalue weighted by molar-refractivity contribution is -0.156. The highest BCUT2D eigenvalue weighted by molar-refractivity contribution is 5.74. The van der Waals surface area contributed by atoms with E-state index in [9.17, 15) is 19.2 Å². The largest absolute Gasteiger partial charge is 0.480 e. The van der Waals surface area contributed by atoms with Gasteiger partial charge in [-0.2, -0.15) is 0 Å². The maximum atomic E-state index is 11.6. The number of carbonyl (C=O) groups excluding carboxylic acids is 3. The van der Waals surface area contributed by atoms with Gasteiger partial charge >= 0.3 is 23.9 Å². The van der Waals surface area contributed by atoms with Crippen LogP contribution in [-0.2, 0) is 33.4 Å². The summed E-state index contributed by atoms with van der Waals surface area (Å²) in [6.07, 6.45) is 1.44. The second-order valence-electron chi connectivity index (χ2n) is 8.47. The number of carbonyl (C=O) groups is 4. The predicted octanol–water partition coefficient (Wildman–Crippen LogP) is 0.389. The average molecular weight is 430 g/mol. The molecule has 0 aromatic heterocycles. The van der Waals surface area contributed by atoms with Gasteiger partial charge in [0.1, 0.15) is 5.60 Å². The average Bonchev–Trinajstić information content (AvgIpc) is 3.28. The molecular weight excluding hydrogens is 396 g/mol. The number of nitrogens with zero attached hydrogens (tertiary/aromatic N) is 2. The molecule has 0 bridgehead atoms. The summed E-state index contributed by atoms with van der Waals surface area (Å²) in [7, 11) is 2.74. The molecular formula is C20H34N2O8. The van der Waals surface area contributed by atoms with E-state index in [1.165, 1.54) is 14.2 Å². The number of methoxy groups -OCH3 is 2. The number of esters is 3. The van der Waals surface area contributed by atoms with E-state index in [-0.39, 0.29) is 42.8 Å². The fraction of sp³-hybridized carbons (Fsp3) is 0.800. The van der Waals surface area contributed by atoms with Crippen LogP contribution >= 0.6 is 0 Å². The molecule has 0 aromatic carbocycles. The van der Waals surface area contributed by atoms with Crippen molar-refractivity contribution in [3.63, 3.8) is 0 Å². The molecule has 10 nitrogen and oxygen atoms in total. The number of ether oxygens (including phenoxy) is 3. The van der Waals surface area contributed by atoms with Crippen LogP contribution in [0.3, 0.4) is 0 Å². The lowest BCUT2D eigenvalue weighted by Gasteiger charge is -2.22. The summed E-state index contributed by atoms with van der Waals surface area (Å²) in [6.45, 7) is 8.23. The Morgan fingerprint density at radius 3 is 1.67 bits per heavy atom. The minimum Gasteiger partial charge on any atom is -0.480 e. The van der Waals surface area contributed by atoms with Crippen molar-refractivity contribution in [2.24, 2.45) is 11.8 Å². The van der Waals surface area contributed by atoms with Crippen molar-refractivity contribution in [2.45, 2.75) is 39.2 Å². The first-order valence-electron chi connectivity index (χ1n) is 9.99. The second-order valence-corrected chi connectivity index (χ2v) is 8.47. The van der Waals surface area contributed by atoms with E-state index in [0.29, 0.717) is 26.1 Å². The zero-order chi connectivity index (χ0) is 22.9. The third-order valence-electron chi connectivity index (χ3n) is 4.75. The minimum atomic E-state index is -0.856. The first kappa shape index (κ1) is 25.8. The van der Waals surface area contributed by atoms with Gasteiger partial charge in [-0.05, 0) is 46.7 Å². The topological polar surface area (TPSA) is 123 Å². The summed E-state index contributed by atoms with van der Waals surface area (Å²) < 4.78 is 14.5. The Morgan fingerprint density at radius 2 is 1.30 bits per heavy atom. The molecule has 0 aliphatic carbocycles.